The molecule has 7 aromatic carbocycles. The summed E-state index contributed by atoms with van der Waals surface area (Å²) in [5.41, 5.74) is 16.6. The Hall–Kier alpha value is -7.95. The van der Waals surface area contributed by atoms with E-state index in [1.165, 1.54) is 103 Å². The van der Waals surface area contributed by atoms with Crippen molar-refractivity contribution in [1.29, 1.82) is 0 Å². The molecule has 4 N–H and O–H groups in total. The van der Waals surface area contributed by atoms with Crippen LogP contribution >= 0.6 is 0 Å². The zero-order chi connectivity index (χ0) is 63.2. The summed E-state index contributed by atoms with van der Waals surface area (Å²) in [6.45, 7) is 30.4. The predicted molar refractivity (Wildman–Crippen MR) is 355 cm³/mol. The Labute approximate surface area is 515 Å². The highest BCUT2D eigenvalue weighted by Gasteiger charge is 2.35. The van der Waals surface area contributed by atoms with Crippen LogP contribution in [0.5, 0.6) is 0 Å². The third kappa shape index (κ3) is 13.6. The summed E-state index contributed by atoms with van der Waals surface area (Å²) >= 11 is 0. The van der Waals surface area contributed by atoms with Crippen LogP contribution in [0.25, 0.3) is 11.1 Å². The van der Waals surface area contributed by atoms with E-state index < -0.39 is 31.8 Å². The second-order valence-electron chi connectivity index (χ2n) is 22.7. The molecule has 0 aromatic heterocycles. The fourth-order valence-electron chi connectivity index (χ4n) is 12.7. The number of hydrogen-bond acceptors (Lipinski definition) is 11. The zero-order valence-electron chi connectivity index (χ0n) is 52.6. The van der Waals surface area contributed by atoms with Crippen molar-refractivity contribution in [1.82, 2.24) is 0 Å². The van der Waals surface area contributed by atoms with Crippen LogP contribution in [0, 0.1) is 54.4 Å². The monoisotopic (exact) mass is 1210 g/mol. The van der Waals surface area contributed by atoms with Crippen LogP contribution in [-0.2, 0) is 20.2 Å². The molecule has 0 fully saturated rings. The van der Waals surface area contributed by atoms with E-state index in [0.29, 0.717) is 34.0 Å². The summed E-state index contributed by atoms with van der Waals surface area (Å²) < 4.78 is 70.6. The minimum Gasteiger partial charge on any atom is -0.744 e. The number of fused-ring (bicyclic) bond motifs is 3. The maximum Gasteiger partial charge on any atom is 0.295 e. The third-order valence-corrected chi connectivity index (χ3v) is 19.4. The molecule has 15 heteroatoms. The Balaban J connectivity index is 0.000000226. The van der Waals surface area contributed by atoms with E-state index in [2.05, 4.69) is 153 Å². The summed E-state index contributed by atoms with van der Waals surface area (Å²) in [4.78, 5) is 36.1. The Morgan fingerprint density at radius 2 is 1.05 bits per heavy atom. The summed E-state index contributed by atoms with van der Waals surface area (Å²) in [6.07, 6.45) is 9.74. The molecule has 0 spiro atoms. The van der Waals surface area contributed by atoms with Gasteiger partial charge >= 0.3 is 0 Å². The molecular formula is C72H83N5O8S2. The van der Waals surface area contributed by atoms with Gasteiger partial charge in [0.1, 0.15) is 21.6 Å². The minimum atomic E-state index is -4.82. The standard InChI is InChI=1S/C40H53N3.C32H30N2O8S2/c1-8-14-17-31(9-2)29-41-39-27-26-38(36-18-15-16-19-37(36)39)40(32-20-22-33(23-21-32)42(10-3)11-4)35-25-24-34(28-30(35)7)43(12-5)13-6;1-15-13-17(3)31(43(37,38)39)19(5)27(15)33-23-11-12-24(26-25(23)29(35)21-9-7-8-10-22(21)30(26)36)34-28-16(2)14-18(4)32(20(28)6)44(40,41)42/h15-16,18-28,31H,8-14,17,29H2,1-7H3;7-14,33-34H,1-6H3,(H,37,38,39)(H,40,41,42). The first-order valence-corrected chi connectivity index (χ1v) is 33.2. The molecule has 0 bridgehead atoms. The number of benzene rings is 7. The normalized spacial score (nSPS) is 14.2. The number of rotatable bonds is 20. The van der Waals surface area contributed by atoms with Gasteiger partial charge in [0.2, 0.25) is 5.71 Å². The van der Waals surface area contributed by atoms with Gasteiger partial charge in [0.05, 0.1) is 33.0 Å². The Morgan fingerprint density at radius 1 is 0.563 bits per heavy atom. The predicted octanol–water partition coefficient (Wildman–Crippen LogP) is 14.3. The van der Waals surface area contributed by atoms with Crippen molar-refractivity contribution in [2.75, 3.05) is 53.2 Å². The number of ketones is 2. The van der Waals surface area contributed by atoms with Gasteiger partial charge in [-0.25, -0.2) is 13.4 Å². The highest BCUT2D eigenvalue weighted by molar-refractivity contribution is 7.86. The number of allylic oxidation sites excluding steroid dienone is 3. The van der Waals surface area contributed by atoms with Crippen LogP contribution in [0.2, 0.25) is 0 Å². The molecule has 0 amide bonds. The van der Waals surface area contributed by atoms with Gasteiger partial charge in [-0.05, 0) is 204 Å². The number of carbonyl (C=O) groups excluding carboxylic acids is 2. The number of aryl methyl sites for hydroxylation is 5. The van der Waals surface area contributed by atoms with E-state index in [-0.39, 0.29) is 60.1 Å². The quantitative estimate of drug-likeness (QED) is 0.0529. The zero-order valence-corrected chi connectivity index (χ0v) is 54.2. The van der Waals surface area contributed by atoms with Crippen LogP contribution in [0.4, 0.5) is 34.1 Å². The Bertz CT molecular complexity index is 3960. The van der Waals surface area contributed by atoms with E-state index in [1.807, 2.05) is 0 Å². The lowest BCUT2D eigenvalue weighted by atomic mass is 9.82. The van der Waals surface area contributed by atoms with Crippen LogP contribution in [0.1, 0.15) is 160 Å². The van der Waals surface area contributed by atoms with E-state index in [9.17, 15) is 35.5 Å². The SMILES string of the molecule is CCCCC(CC)C[NH+]=C1C=CC(=C(c2ccc(N(CC)CC)cc2)c2ccc(N(CC)CC)cc2C)c2ccccc21.Cc1cc(C)c(S(=O)(=O)[O-])c(C)c1Nc1ccc(Nc2c(C)cc(C)c(S(=O)(=O)O)c2C)c2c1C(=O)c1ccccc1C2=O. The van der Waals surface area contributed by atoms with Crippen molar-refractivity contribution in [3.8, 4) is 0 Å². The van der Waals surface area contributed by atoms with Gasteiger partial charge in [-0.1, -0.05) is 99.5 Å². The lowest BCUT2D eigenvalue weighted by molar-refractivity contribution is -0.465. The third-order valence-electron chi connectivity index (χ3n) is 17.1. The first-order valence-electron chi connectivity index (χ1n) is 30.3. The van der Waals surface area contributed by atoms with Crippen LogP contribution < -0.4 is 25.4 Å². The summed E-state index contributed by atoms with van der Waals surface area (Å²) in [6, 6.07) is 37.8. The number of anilines is 6. The van der Waals surface area contributed by atoms with Crippen LogP contribution in [-0.4, -0.2) is 75.9 Å². The van der Waals surface area contributed by atoms with Gasteiger partial charge in [-0.15, -0.1) is 0 Å². The number of nitrogens with zero attached hydrogens (tertiary/aromatic N) is 2. The molecule has 1 unspecified atom stereocenters. The number of hydrogen-bond donors (Lipinski definition) is 4. The number of nitrogens with one attached hydrogen (secondary N) is 3. The first-order chi connectivity index (χ1) is 41.4. The van der Waals surface area contributed by atoms with E-state index in [4.69, 9.17) is 0 Å². The van der Waals surface area contributed by atoms with E-state index in [1.54, 1.807) is 69.3 Å². The smallest absolute Gasteiger partial charge is 0.295 e. The fraction of sp³-hybridized carbons (Fsp3) is 0.319. The van der Waals surface area contributed by atoms with Crippen molar-refractivity contribution in [2.45, 2.75) is 125 Å². The molecule has 1 atom stereocenters. The summed E-state index contributed by atoms with van der Waals surface area (Å²) in [7, 11) is -9.40. The average Bonchev–Trinajstić information content (AvgIpc) is 0.841. The molecule has 87 heavy (non-hydrogen) atoms. The molecule has 0 heterocycles. The van der Waals surface area contributed by atoms with Crippen molar-refractivity contribution >= 4 is 82.8 Å². The number of unbranched alkanes of at least 4 members (excludes halogenated alkanes) is 1. The van der Waals surface area contributed by atoms with Crippen LogP contribution in [0.15, 0.2) is 137 Å². The van der Waals surface area contributed by atoms with E-state index >= 15 is 0 Å². The Kier molecular flexibility index (Phi) is 20.5. The molecule has 13 nitrogen and oxygen atoms in total. The van der Waals surface area contributed by atoms with Gasteiger partial charge in [0, 0.05) is 72.0 Å². The van der Waals surface area contributed by atoms with Crippen molar-refractivity contribution in [3.63, 3.8) is 0 Å². The molecule has 7 aromatic rings. The van der Waals surface area contributed by atoms with Crippen LogP contribution in [0.3, 0.4) is 0 Å². The van der Waals surface area contributed by atoms with Gasteiger partial charge in [-0.3, -0.25) is 14.1 Å². The van der Waals surface area contributed by atoms with Crippen molar-refractivity contribution < 1.29 is 40.5 Å². The molecule has 0 saturated carbocycles. The lowest BCUT2D eigenvalue weighted by Gasteiger charge is -2.26. The lowest BCUT2D eigenvalue weighted by Crippen LogP contribution is -2.74. The molecule has 0 saturated heterocycles. The Morgan fingerprint density at radius 3 is 1.53 bits per heavy atom. The molecule has 456 valence electrons. The highest BCUT2D eigenvalue weighted by atomic mass is 32.2. The van der Waals surface area contributed by atoms with E-state index in [0.717, 1.165) is 32.7 Å². The first kappa shape index (κ1) is 65.0. The summed E-state index contributed by atoms with van der Waals surface area (Å²) in [5.74, 6) is -0.216. The molecule has 2 aliphatic rings. The maximum absolute atomic E-state index is 14.0. The molecular weight excluding hydrogens is 1130 g/mol. The highest BCUT2D eigenvalue weighted by Crippen LogP contribution is 2.43. The summed E-state index contributed by atoms with van der Waals surface area (Å²) in [5, 5.41) is 6.27. The molecule has 2 aliphatic carbocycles. The number of carbonyl (C=O) groups is 2. The van der Waals surface area contributed by atoms with Gasteiger partial charge in [0.25, 0.3) is 10.1 Å². The minimum absolute atomic E-state index is 0.0158. The van der Waals surface area contributed by atoms with Crippen molar-refractivity contribution in [3.05, 3.63) is 211 Å². The molecule has 0 aliphatic heterocycles. The molecule has 9 rings (SSSR count). The average molecular weight is 1210 g/mol. The topological polar surface area (TPSA) is 190 Å². The van der Waals surface area contributed by atoms with Gasteiger partial charge in [-0.2, -0.15) is 8.42 Å². The second-order valence-corrected chi connectivity index (χ2v) is 25.4. The maximum atomic E-state index is 14.0. The fourth-order valence-corrected chi connectivity index (χ4v) is 14.6. The second kappa shape index (κ2) is 27.4. The van der Waals surface area contributed by atoms with Crippen molar-refractivity contribution in [2.24, 2.45) is 5.92 Å². The molecule has 0 radical (unpaired) electrons. The van der Waals surface area contributed by atoms with Gasteiger partial charge < -0.3 is 25.0 Å². The largest absolute Gasteiger partial charge is 0.744 e. The van der Waals surface area contributed by atoms with Gasteiger partial charge in [0.15, 0.2) is 11.6 Å².